The van der Waals surface area contributed by atoms with Gasteiger partial charge in [0.25, 0.3) is 0 Å². The van der Waals surface area contributed by atoms with Gasteiger partial charge in [-0.15, -0.1) is 24.0 Å². The van der Waals surface area contributed by atoms with Gasteiger partial charge < -0.3 is 25.0 Å². The second-order valence-electron chi connectivity index (χ2n) is 9.11. The molecule has 2 aliphatic rings. The molecule has 2 aliphatic heterocycles. The Hall–Kier alpha value is -0.900. The van der Waals surface area contributed by atoms with E-state index in [4.69, 9.17) is 14.5 Å². The van der Waals surface area contributed by atoms with E-state index in [-0.39, 0.29) is 35.6 Å². The van der Waals surface area contributed by atoms with Crippen LogP contribution in [0.1, 0.15) is 57.6 Å². The first-order chi connectivity index (χ1) is 15.1. The fourth-order valence-corrected chi connectivity index (χ4v) is 4.61. The lowest BCUT2D eigenvalue weighted by atomic mass is 9.88. The Labute approximate surface area is 211 Å². The fraction of sp³-hybridized carbons (Fsp3) is 0.720. The molecular weight excluding hydrogens is 515 g/mol. The molecule has 182 valence electrons. The summed E-state index contributed by atoms with van der Waals surface area (Å²) in [6.45, 7) is 10.5. The number of guanidine groups is 1. The molecule has 6 nitrogen and oxygen atoms in total. The zero-order chi connectivity index (χ0) is 21.9. The lowest BCUT2D eigenvalue weighted by Crippen LogP contribution is -2.53. The Kier molecular flexibility index (Phi) is 12.3. The topological polar surface area (TPSA) is 58.1 Å². The zero-order valence-electron chi connectivity index (χ0n) is 20.1. The van der Waals surface area contributed by atoms with Gasteiger partial charge in [0.15, 0.2) is 5.96 Å². The van der Waals surface area contributed by atoms with E-state index in [1.807, 2.05) is 0 Å². The van der Waals surface area contributed by atoms with Crippen LogP contribution in [0.3, 0.4) is 0 Å². The van der Waals surface area contributed by atoms with Crippen molar-refractivity contribution in [2.45, 2.75) is 57.5 Å². The Morgan fingerprint density at radius 2 is 1.78 bits per heavy atom. The van der Waals surface area contributed by atoms with E-state index in [1.165, 1.54) is 24.8 Å². The predicted molar refractivity (Wildman–Crippen MR) is 143 cm³/mol. The Bertz CT molecular complexity index is 661. The molecular formula is C25H43IN4O2. The highest BCUT2D eigenvalue weighted by atomic mass is 127. The molecule has 2 fully saturated rings. The molecule has 2 N–H and O–H groups in total. The lowest BCUT2D eigenvalue weighted by Gasteiger charge is -2.40. The number of hydrogen-bond acceptors (Lipinski definition) is 4. The second-order valence-corrected chi connectivity index (χ2v) is 9.11. The van der Waals surface area contributed by atoms with Gasteiger partial charge >= 0.3 is 0 Å². The molecule has 1 atom stereocenters. The maximum absolute atomic E-state index is 5.69. The van der Waals surface area contributed by atoms with Crippen LogP contribution in [0.15, 0.2) is 35.3 Å². The molecule has 2 saturated heterocycles. The molecule has 7 heteroatoms. The molecule has 0 spiro atoms. The average Bonchev–Trinajstić information content (AvgIpc) is 2.82. The SMILES string of the molecule is CCNC(=NCC1(NC(C)c2ccccc2)CCOCC1)N(C)CCC1CCOCC1.I. The molecule has 1 aromatic carbocycles. The summed E-state index contributed by atoms with van der Waals surface area (Å²) in [6, 6.07) is 11.0. The van der Waals surface area contributed by atoms with E-state index in [1.54, 1.807) is 0 Å². The normalized spacial score (nSPS) is 20.3. The van der Waals surface area contributed by atoms with Crippen molar-refractivity contribution < 1.29 is 9.47 Å². The Morgan fingerprint density at radius 3 is 2.44 bits per heavy atom. The largest absolute Gasteiger partial charge is 0.381 e. The van der Waals surface area contributed by atoms with Crippen LogP contribution in [0.2, 0.25) is 0 Å². The molecule has 0 saturated carbocycles. The van der Waals surface area contributed by atoms with Crippen LogP contribution in [0.5, 0.6) is 0 Å². The third-order valence-electron chi connectivity index (χ3n) is 6.71. The summed E-state index contributed by atoms with van der Waals surface area (Å²) < 4.78 is 11.2. The zero-order valence-corrected chi connectivity index (χ0v) is 22.5. The number of benzene rings is 1. The minimum absolute atomic E-state index is 0. The first kappa shape index (κ1) is 27.3. The first-order valence-electron chi connectivity index (χ1n) is 12.1. The van der Waals surface area contributed by atoms with Gasteiger partial charge in [0.1, 0.15) is 0 Å². The van der Waals surface area contributed by atoms with Crippen molar-refractivity contribution in [2.75, 3.05) is 53.1 Å². The minimum Gasteiger partial charge on any atom is -0.381 e. The van der Waals surface area contributed by atoms with Gasteiger partial charge in [-0.2, -0.15) is 0 Å². The number of halogens is 1. The van der Waals surface area contributed by atoms with Gasteiger partial charge in [-0.3, -0.25) is 4.99 Å². The summed E-state index contributed by atoms with van der Waals surface area (Å²) in [5, 5.41) is 7.43. The molecule has 0 amide bonds. The van der Waals surface area contributed by atoms with Gasteiger partial charge in [0.05, 0.1) is 6.54 Å². The van der Waals surface area contributed by atoms with E-state index in [0.717, 1.165) is 70.8 Å². The Balaban J connectivity index is 0.00000363. The molecule has 3 rings (SSSR count). The predicted octanol–water partition coefficient (Wildman–Crippen LogP) is 4.22. The van der Waals surface area contributed by atoms with E-state index in [2.05, 4.69) is 66.8 Å². The molecule has 0 radical (unpaired) electrons. The molecule has 1 aromatic rings. The highest BCUT2D eigenvalue weighted by molar-refractivity contribution is 14.0. The number of nitrogens with one attached hydrogen (secondary N) is 2. The average molecular weight is 559 g/mol. The van der Waals surface area contributed by atoms with Crippen molar-refractivity contribution in [1.82, 2.24) is 15.5 Å². The van der Waals surface area contributed by atoms with Gasteiger partial charge in [0, 0.05) is 58.1 Å². The van der Waals surface area contributed by atoms with Crippen LogP contribution >= 0.6 is 24.0 Å². The smallest absolute Gasteiger partial charge is 0.193 e. The van der Waals surface area contributed by atoms with Gasteiger partial charge in [-0.05, 0) is 57.4 Å². The number of nitrogens with zero attached hydrogens (tertiary/aromatic N) is 2. The first-order valence-corrected chi connectivity index (χ1v) is 12.1. The van der Waals surface area contributed by atoms with Crippen molar-refractivity contribution in [3.63, 3.8) is 0 Å². The summed E-state index contributed by atoms with van der Waals surface area (Å²) in [6.07, 6.45) is 5.54. The van der Waals surface area contributed by atoms with Crippen molar-refractivity contribution >= 4 is 29.9 Å². The fourth-order valence-electron chi connectivity index (χ4n) is 4.61. The Morgan fingerprint density at radius 1 is 1.12 bits per heavy atom. The van der Waals surface area contributed by atoms with Gasteiger partial charge in [0.2, 0.25) is 0 Å². The van der Waals surface area contributed by atoms with Crippen molar-refractivity contribution in [2.24, 2.45) is 10.9 Å². The summed E-state index contributed by atoms with van der Waals surface area (Å²) >= 11 is 0. The molecule has 2 heterocycles. The van der Waals surface area contributed by atoms with Crippen LogP contribution in [0.25, 0.3) is 0 Å². The number of hydrogen-bond donors (Lipinski definition) is 2. The summed E-state index contributed by atoms with van der Waals surface area (Å²) in [4.78, 5) is 7.41. The molecule has 0 bridgehead atoms. The van der Waals surface area contributed by atoms with Crippen LogP contribution in [0.4, 0.5) is 0 Å². The van der Waals surface area contributed by atoms with Crippen molar-refractivity contribution in [1.29, 1.82) is 0 Å². The van der Waals surface area contributed by atoms with Crippen molar-refractivity contribution in [3.8, 4) is 0 Å². The van der Waals surface area contributed by atoms with Crippen molar-refractivity contribution in [3.05, 3.63) is 35.9 Å². The van der Waals surface area contributed by atoms with Gasteiger partial charge in [-0.1, -0.05) is 30.3 Å². The third kappa shape index (κ3) is 8.47. The van der Waals surface area contributed by atoms with E-state index in [0.29, 0.717) is 0 Å². The monoisotopic (exact) mass is 558 g/mol. The molecule has 0 aliphatic carbocycles. The van der Waals surface area contributed by atoms with E-state index >= 15 is 0 Å². The summed E-state index contributed by atoms with van der Waals surface area (Å²) in [5.41, 5.74) is 1.29. The number of rotatable bonds is 9. The molecule has 1 unspecified atom stereocenters. The highest BCUT2D eigenvalue weighted by Gasteiger charge is 2.34. The highest BCUT2D eigenvalue weighted by Crippen LogP contribution is 2.26. The second kappa shape index (κ2) is 14.4. The summed E-state index contributed by atoms with van der Waals surface area (Å²) in [7, 11) is 2.16. The maximum Gasteiger partial charge on any atom is 0.193 e. The van der Waals surface area contributed by atoms with E-state index in [9.17, 15) is 0 Å². The third-order valence-corrected chi connectivity index (χ3v) is 6.71. The molecule has 0 aromatic heterocycles. The quantitative estimate of drug-likeness (QED) is 0.270. The van der Waals surface area contributed by atoms with Crippen LogP contribution in [-0.2, 0) is 9.47 Å². The maximum atomic E-state index is 5.69. The molecule has 32 heavy (non-hydrogen) atoms. The van der Waals surface area contributed by atoms with E-state index < -0.39 is 0 Å². The van der Waals surface area contributed by atoms with Gasteiger partial charge in [-0.25, -0.2) is 0 Å². The summed E-state index contributed by atoms with van der Waals surface area (Å²) in [5.74, 6) is 1.78. The standard InChI is InChI=1S/C25H42N4O2.HI/c1-4-26-24(29(3)15-10-22-11-16-30-17-12-22)27-20-25(13-18-31-19-14-25)28-21(2)23-8-6-5-7-9-23;/h5-9,21-22,28H,4,10-20H2,1-3H3,(H,26,27);1H. The number of aliphatic imine (C=N–C) groups is 1. The lowest BCUT2D eigenvalue weighted by molar-refractivity contribution is 0.0373. The minimum atomic E-state index is -0.0320. The van der Waals surface area contributed by atoms with Crippen LogP contribution in [-0.4, -0.2) is 69.5 Å². The van der Waals surface area contributed by atoms with Crippen LogP contribution in [0, 0.1) is 5.92 Å². The van der Waals surface area contributed by atoms with Crippen LogP contribution < -0.4 is 10.6 Å². The number of ether oxygens (including phenoxy) is 2.